The Hall–Kier alpha value is -3.36. The smallest absolute Gasteiger partial charge is 0.406 e. The van der Waals surface area contributed by atoms with Crippen molar-refractivity contribution in [3.8, 4) is 5.75 Å². The first-order valence-corrected chi connectivity index (χ1v) is 8.30. The molecule has 2 amide bonds. The summed E-state index contributed by atoms with van der Waals surface area (Å²) in [4.78, 5) is 41.7. The Morgan fingerprint density at radius 3 is 2.25 bits per heavy atom. The molecule has 0 N–H and O–H groups in total. The van der Waals surface area contributed by atoms with Crippen LogP contribution in [-0.4, -0.2) is 29.2 Å². The molecule has 28 heavy (non-hydrogen) atoms. The Kier molecular flexibility index (Phi) is 4.10. The number of carbonyl (C=O) groups is 3. The van der Waals surface area contributed by atoms with Crippen LogP contribution in [0.2, 0.25) is 0 Å². The van der Waals surface area contributed by atoms with E-state index in [4.69, 9.17) is 4.84 Å². The largest absolute Gasteiger partial charge is 0.573 e. The second kappa shape index (κ2) is 6.36. The summed E-state index contributed by atoms with van der Waals surface area (Å²) >= 11 is 0. The van der Waals surface area contributed by atoms with E-state index in [1.54, 1.807) is 18.2 Å². The number of hydroxylamine groups is 2. The van der Waals surface area contributed by atoms with Crippen molar-refractivity contribution in [3.05, 3.63) is 65.2 Å². The van der Waals surface area contributed by atoms with Crippen molar-refractivity contribution >= 4 is 17.8 Å². The summed E-state index contributed by atoms with van der Waals surface area (Å²) in [6, 6.07) is 11.4. The third-order valence-electron chi connectivity index (χ3n) is 4.55. The molecule has 1 fully saturated rings. The fraction of sp³-hybridized carbons (Fsp3) is 0.211. The highest BCUT2D eigenvalue weighted by Gasteiger charge is 2.48. The molecule has 2 aromatic carbocycles. The predicted octanol–water partition coefficient (Wildman–Crippen LogP) is 3.44. The number of carbonyl (C=O) groups excluding carboxylic acids is 3. The molecule has 4 rings (SSSR count). The highest BCUT2D eigenvalue weighted by molar-refractivity contribution is 6.20. The second-order valence-corrected chi connectivity index (χ2v) is 6.43. The number of benzene rings is 2. The summed E-state index contributed by atoms with van der Waals surface area (Å²) in [5.74, 6) is -3.67. The van der Waals surface area contributed by atoms with Crippen LogP contribution in [-0.2, 0) is 9.63 Å². The van der Waals surface area contributed by atoms with E-state index in [1.165, 1.54) is 24.3 Å². The van der Waals surface area contributed by atoms with Crippen molar-refractivity contribution in [1.82, 2.24) is 5.06 Å². The van der Waals surface area contributed by atoms with Gasteiger partial charge in [-0.25, -0.2) is 4.79 Å². The summed E-state index contributed by atoms with van der Waals surface area (Å²) < 4.78 is 40.9. The zero-order valence-corrected chi connectivity index (χ0v) is 14.1. The molecule has 0 saturated heterocycles. The minimum Gasteiger partial charge on any atom is -0.406 e. The number of hydrogen-bond donors (Lipinski definition) is 0. The maximum absolute atomic E-state index is 12.3. The number of amides is 2. The predicted molar refractivity (Wildman–Crippen MR) is 87.0 cm³/mol. The fourth-order valence-corrected chi connectivity index (χ4v) is 3.17. The summed E-state index contributed by atoms with van der Waals surface area (Å²) in [5, 5.41) is 0.422. The lowest BCUT2D eigenvalue weighted by molar-refractivity contribution is -0.274. The fourth-order valence-electron chi connectivity index (χ4n) is 3.17. The summed E-state index contributed by atoms with van der Waals surface area (Å²) in [6.45, 7) is 0. The highest BCUT2D eigenvalue weighted by Crippen LogP contribution is 2.49. The van der Waals surface area contributed by atoms with Gasteiger partial charge in [-0.2, -0.15) is 0 Å². The van der Waals surface area contributed by atoms with Crippen molar-refractivity contribution in [1.29, 1.82) is 0 Å². The lowest BCUT2D eigenvalue weighted by Gasteiger charge is -2.13. The number of imide groups is 1. The van der Waals surface area contributed by atoms with E-state index in [9.17, 15) is 27.6 Å². The first-order valence-electron chi connectivity index (χ1n) is 8.30. The molecular weight excluding hydrogens is 379 g/mol. The topological polar surface area (TPSA) is 72.9 Å². The standard InChI is InChI=1S/C19H12F3NO5/c20-19(21,22)27-11-5-3-4-10(8-11)14-9-15(14)18(26)28-23-16(24)12-6-1-2-7-13(12)17(23)25/h1-8,14-15H,9H2/t14?,15-/m1/s1. The van der Waals surface area contributed by atoms with Crippen LogP contribution < -0.4 is 4.74 Å². The van der Waals surface area contributed by atoms with E-state index in [2.05, 4.69) is 4.74 Å². The van der Waals surface area contributed by atoms with E-state index in [1.807, 2.05) is 0 Å². The van der Waals surface area contributed by atoms with Gasteiger partial charge >= 0.3 is 12.3 Å². The maximum atomic E-state index is 12.3. The third-order valence-corrected chi connectivity index (χ3v) is 4.55. The molecule has 1 heterocycles. The van der Waals surface area contributed by atoms with Crippen LogP contribution in [0.5, 0.6) is 5.75 Å². The summed E-state index contributed by atoms with van der Waals surface area (Å²) in [6.07, 6.45) is -4.48. The van der Waals surface area contributed by atoms with E-state index in [-0.39, 0.29) is 22.8 Å². The van der Waals surface area contributed by atoms with Crippen LogP contribution in [0.4, 0.5) is 13.2 Å². The first-order chi connectivity index (χ1) is 13.2. The molecule has 0 spiro atoms. The van der Waals surface area contributed by atoms with Crippen LogP contribution in [0.15, 0.2) is 48.5 Å². The number of rotatable bonds is 4. The van der Waals surface area contributed by atoms with Crippen molar-refractivity contribution < 1.29 is 37.1 Å². The SMILES string of the molecule is O=C(ON1C(=O)c2ccccc2C1=O)[C@@H]1CC1c1cccc(OC(F)(F)F)c1. The van der Waals surface area contributed by atoms with E-state index >= 15 is 0 Å². The molecule has 6 nitrogen and oxygen atoms in total. The molecule has 2 aliphatic rings. The van der Waals surface area contributed by atoms with Crippen LogP contribution >= 0.6 is 0 Å². The molecule has 9 heteroatoms. The van der Waals surface area contributed by atoms with Gasteiger partial charge in [-0.1, -0.05) is 29.3 Å². The molecule has 0 radical (unpaired) electrons. The molecule has 1 unspecified atom stereocenters. The van der Waals surface area contributed by atoms with Gasteiger partial charge in [0.2, 0.25) is 0 Å². The van der Waals surface area contributed by atoms with Gasteiger partial charge in [0.25, 0.3) is 11.8 Å². The van der Waals surface area contributed by atoms with Gasteiger partial charge in [0.15, 0.2) is 0 Å². The molecule has 144 valence electrons. The van der Waals surface area contributed by atoms with Gasteiger partial charge in [0.05, 0.1) is 17.0 Å². The quantitative estimate of drug-likeness (QED) is 0.747. The van der Waals surface area contributed by atoms with Gasteiger partial charge in [0.1, 0.15) is 5.75 Å². The van der Waals surface area contributed by atoms with E-state index in [0.29, 0.717) is 17.0 Å². The molecule has 0 bridgehead atoms. The number of alkyl halides is 3. The normalized spacial score (nSPS) is 20.8. The molecule has 2 aromatic rings. The zero-order valence-electron chi connectivity index (χ0n) is 14.1. The Labute approximate surface area is 156 Å². The average Bonchev–Trinajstić information content (AvgIpc) is 3.41. The third kappa shape index (κ3) is 3.30. The molecular formula is C19H12F3NO5. The molecule has 1 aliphatic carbocycles. The number of ether oxygens (including phenoxy) is 1. The average molecular weight is 391 g/mol. The summed E-state index contributed by atoms with van der Waals surface area (Å²) in [7, 11) is 0. The number of halogens is 3. The van der Waals surface area contributed by atoms with Gasteiger partial charge < -0.3 is 9.57 Å². The van der Waals surface area contributed by atoms with Gasteiger partial charge in [-0.05, 0) is 42.2 Å². The molecule has 0 aromatic heterocycles. The van der Waals surface area contributed by atoms with Crippen molar-refractivity contribution in [2.75, 3.05) is 0 Å². The Morgan fingerprint density at radius 1 is 1.00 bits per heavy atom. The van der Waals surface area contributed by atoms with E-state index in [0.717, 1.165) is 6.07 Å². The van der Waals surface area contributed by atoms with Crippen LogP contribution in [0.3, 0.4) is 0 Å². The minimum absolute atomic E-state index is 0.143. The lowest BCUT2D eigenvalue weighted by atomic mass is 10.1. The first kappa shape index (κ1) is 18.0. The van der Waals surface area contributed by atoms with Gasteiger partial charge in [-0.3, -0.25) is 9.59 Å². The zero-order chi connectivity index (χ0) is 20.1. The van der Waals surface area contributed by atoms with Gasteiger partial charge in [-0.15, -0.1) is 13.2 Å². The molecule has 1 saturated carbocycles. The highest BCUT2D eigenvalue weighted by atomic mass is 19.4. The Bertz CT molecular complexity index is 953. The van der Waals surface area contributed by atoms with Crippen molar-refractivity contribution in [3.63, 3.8) is 0 Å². The molecule has 1 aliphatic heterocycles. The second-order valence-electron chi connectivity index (χ2n) is 6.43. The van der Waals surface area contributed by atoms with E-state index < -0.39 is 30.1 Å². The van der Waals surface area contributed by atoms with Crippen LogP contribution in [0.25, 0.3) is 0 Å². The number of hydrogen-bond acceptors (Lipinski definition) is 5. The molecule has 2 atom stereocenters. The maximum Gasteiger partial charge on any atom is 0.573 e. The van der Waals surface area contributed by atoms with Crippen molar-refractivity contribution in [2.45, 2.75) is 18.7 Å². The van der Waals surface area contributed by atoms with Gasteiger partial charge in [0, 0.05) is 0 Å². The lowest BCUT2D eigenvalue weighted by Crippen LogP contribution is -2.33. The van der Waals surface area contributed by atoms with Crippen LogP contribution in [0.1, 0.15) is 38.6 Å². The van der Waals surface area contributed by atoms with Crippen molar-refractivity contribution in [2.24, 2.45) is 5.92 Å². The Balaban J connectivity index is 1.43. The monoisotopic (exact) mass is 391 g/mol. The number of nitrogens with zero attached hydrogens (tertiary/aromatic N) is 1. The minimum atomic E-state index is -4.81. The summed E-state index contributed by atoms with van der Waals surface area (Å²) in [5.41, 5.74) is 0.764. The van der Waals surface area contributed by atoms with Crippen LogP contribution in [0, 0.1) is 5.92 Å². The Morgan fingerprint density at radius 2 is 1.64 bits per heavy atom. The number of fused-ring (bicyclic) bond motifs is 1.